The number of carboxylic acids is 1. The summed E-state index contributed by atoms with van der Waals surface area (Å²) < 4.78 is 0. The number of nitrogens with one attached hydrogen (secondary N) is 3. The number of hydrogen-bond donors (Lipinski definition) is 7. The molecular weight excluding hydrogens is 408 g/mol. The van der Waals surface area contributed by atoms with Crippen LogP contribution >= 0.6 is 0 Å². The lowest BCUT2D eigenvalue weighted by Crippen LogP contribution is -2.57. The molecule has 4 atom stereocenters. The highest BCUT2D eigenvalue weighted by Crippen LogP contribution is 2.04. The highest BCUT2D eigenvalue weighted by atomic mass is 16.4. The van der Waals surface area contributed by atoms with E-state index in [0.717, 1.165) is 0 Å². The molecule has 10 N–H and O–H groups in total. The van der Waals surface area contributed by atoms with Gasteiger partial charge in [-0.25, -0.2) is 4.79 Å². The van der Waals surface area contributed by atoms with Gasteiger partial charge in [0.1, 0.15) is 18.1 Å². The van der Waals surface area contributed by atoms with Crippen molar-refractivity contribution in [3.63, 3.8) is 0 Å². The molecule has 31 heavy (non-hydrogen) atoms. The number of amides is 4. The molecule has 0 bridgehead atoms. The Bertz CT molecular complexity index is 641. The third kappa shape index (κ3) is 11.9. The first-order chi connectivity index (χ1) is 14.4. The van der Waals surface area contributed by atoms with Crippen LogP contribution < -0.4 is 33.2 Å². The number of nitrogens with two attached hydrogens (primary N) is 3. The second-order valence-electron chi connectivity index (χ2n) is 7.88. The number of primary amides is 1. The van der Waals surface area contributed by atoms with Gasteiger partial charge in [-0.3, -0.25) is 19.2 Å². The van der Waals surface area contributed by atoms with Gasteiger partial charge in [0, 0.05) is 0 Å². The molecule has 178 valence electrons. The molecule has 0 spiro atoms. The van der Waals surface area contributed by atoms with Crippen molar-refractivity contribution in [1.82, 2.24) is 16.0 Å². The zero-order valence-electron chi connectivity index (χ0n) is 18.3. The second kappa shape index (κ2) is 14.3. The number of hydrogen-bond acceptors (Lipinski definition) is 7. The molecule has 0 fully saturated rings. The molecule has 0 rings (SSSR count). The predicted octanol–water partition coefficient (Wildman–Crippen LogP) is -2.08. The molecule has 0 aliphatic rings. The first-order valence-electron chi connectivity index (χ1n) is 10.3. The molecule has 0 aromatic heterocycles. The molecule has 4 unspecified atom stereocenters. The quantitative estimate of drug-likeness (QED) is 0.139. The Hall–Kier alpha value is -2.73. The molecule has 12 heteroatoms. The van der Waals surface area contributed by atoms with Crippen LogP contribution in [-0.4, -0.2) is 65.4 Å². The first-order valence-corrected chi connectivity index (χ1v) is 10.3. The second-order valence-corrected chi connectivity index (χ2v) is 7.88. The third-order valence-corrected chi connectivity index (χ3v) is 4.41. The minimum absolute atomic E-state index is 0.135. The fourth-order valence-electron chi connectivity index (χ4n) is 2.73. The van der Waals surface area contributed by atoms with Crippen molar-refractivity contribution in [2.45, 2.75) is 77.0 Å². The van der Waals surface area contributed by atoms with Crippen molar-refractivity contribution in [3.8, 4) is 0 Å². The molecule has 0 saturated carbocycles. The molecule has 0 aromatic rings. The van der Waals surface area contributed by atoms with Gasteiger partial charge in [-0.15, -0.1) is 0 Å². The van der Waals surface area contributed by atoms with Crippen LogP contribution in [-0.2, 0) is 24.0 Å². The normalized spacial score (nSPS) is 14.8. The van der Waals surface area contributed by atoms with Gasteiger partial charge in [0.25, 0.3) is 0 Å². The van der Waals surface area contributed by atoms with Crippen LogP contribution in [0.2, 0.25) is 0 Å². The van der Waals surface area contributed by atoms with E-state index in [0.29, 0.717) is 25.8 Å². The number of carbonyl (C=O) groups excluding carboxylic acids is 4. The molecule has 0 aliphatic heterocycles. The summed E-state index contributed by atoms with van der Waals surface area (Å²) in [6.07, 6.45) is 1.07. The largest absolute Gasteiger partial charge is 0.480 e. The van der Waals surface area contributed by atoms with E-state index >= 15 is 0 Å². The van der Waals surface area contributed by atoms with Crippen molar-refractivity contribution >= 4 is 29.6 Å². The molecule has 4 amide bonds. The highest BCUT2D eigenvalue weighted by Gasteiger charge is 2.29. The molecule has 0 heterocycles. The minimum Gasteiger partial charge on any atom is -0.480 e. The average Bonchev–Trinajstić information content (AvgIpc) is 2.65. The summed E-state index contributed by atoms with van der Waals surface area (Å²) in [6.45, 7) is 5.57. The van der Waals surface area contributed by atoms with Gasteiger partial charge >= 0.3 is 5.97 Å². The van der Waals surface area contributed by atoms with Crippen LogP contribution in [0.3, 0.4) is 0 Å². The minimum atomic E-state index is -1.40. The molecule has 0 saturated heterocycles. The van der Waals surface area contributed by atoms with Gasteiger partial charge in [-0.05, 0) is 45.1 Å². The van der Waals surface area contributed by atoms with Crippen LogP contribution in [0, 0.1) is 5.92 Å². The lowest BCUT2D eigenvalue weighted by Gasteiger charge is -2.23. The van der Waals surface area contributed by atoms with Gasteiger partial charge in [0.15, 0.2) is 0 Å². The Balaban J connectivity index is 5.07. The SMILES string of the molecule is CC(C)CC(N)C(=O)NC(C)C(=O)NC(CC(N)=O)C(=O)NC(CCCCN)C(=O)O. The van der Waals surface area contributed by atoms with E-state index in [9.17, 15) is 29.1 Å². The van der Waals surface area contributed by atoms with Gasteiger partial charge in [-0.1, -0.05) is 13.8 Å². The van der Waals surface area contributed by atoms with E-state index in [1.807, 2.05) is 13.8 Å². The lowest BCUT2D eigenvalue weighted by atomic mass is 10.0. The lowest BCUT2D eigenvalue weighted by molar-refractivity contribution is -0.142. The van der Waals surface area contributed by atoms with Crippen LogP contribution in [0.15, 0.2) is 0 Å². The zero-order valence-corrected chi connectivity index (χ0v) is 18.3. The number of unbranched alkanes of at least 4 members (excludes halogenated alkanes) is 1. The fraction of sp³-hybridized carbons (Fsp3) is 0.737. The topological polar surface area (TPSA) is 220 Å². The Morgan fingerprint density at radius 1 is 0.871 bits per heavy atom. The summed E-state index contributed by atoms with van der Waals surface area (Å²) in [4.78, 5) is 59.7. The Morgan fingerprint density at radius 3 is 1.94 bits per heavy atom. The summed E-state index contributed by atoms with van der Waals surface area (Å²) in [7, 11) is 0. The number of carbonyl (C=O) groups is 5. The number of aliphatic carboxylic acids is 1. The van der Waals surface area contributed by atoms with Crippen LogP contribution in [0.5, 0.6) is 0 Å². The molecule has 0 aromatic carbocycles. The smallest absolute Gasteiger partial charge is 0.326 e. The predicted molar refractivity (Wildman–Crippen MR) is 113 cm³/mol. The van der Waals surface area contributed by atoms with Crippen molar-refractivity contribution in [1.29, 1.82) is 0 Å². The summed E-state index contributed by atoms with van der Waals surface area (Å²) in [6, 6.07) is -4.46. The van der Waals surface area contributed by atoms with Crippen molar-refractivity contribution in [2.75, 3.05) is 6.54 Å². The Labute approximate surface area is 182 Å². The van der Waals surface area contributed by atoms with E-state index < -0.39 is 60.2 Å². The highest BCUT2D eigenvalue weighted by molar-refractivity contribution is 5.95. The van der Waals surface area contributed by atoms with E-state index in [1.54, 1.807) is 0 Å². The van der Waals surface area contributed by atoms with Crippen molar-refractivity contribution in [3.05, 3.63) is 0 Å². The summed E-state index contributed by atoms with van der Waals surface area (Å²) in [5, 5.41) is 16.4. The Morgan fingerprint density at radius 2 is 1.45 bits per heavy atom. The summed E-state index contributed by atoms with van der Waals surface area (Å²) in [5.41, 5.74) is 16.3. The van der Waals surface area contributed by atoms with E-state index in [1.165, 1.54) is 6.92 Å². The third-order valence-electron chi connectivity index (χ3n) is 4.41. The maximum Gasteiger partial charge on any atom is 0.326 e. The van der Waals surface area contributed by atoms with E-state index in [-0.39, 0.29) is 12.3 Å². The van der Waals surface area contributed by atoms with Gasteiger partial charge < -0.3 is 38.3 Å². The maximum atomic E-state index is 12.5. The fourth-order valence-corrected chi connectivity index (χ4v) is 2.73. The standard InChI is InChI=1S/C19H36N6O6/c1-10(2)8-12(21)17(28)23-11(3)16(27)25-14(9-15(22)26)18(29)24-13(19(30)31)6-4-5-7-20/h10-14H,4-9,20-21H2,1-3H3,(H2,22,26)(H,23,28)(H,24,29)(H,25,27)(H,30,31). The van der Waals surface area contributed by atoms with Gasteiger partial charge in [0.2, 0.25) is 23.6 Å². The number of rotatable bonds is 15. The molecule has 12 nitrogen and oxygen atoms in total. The number of carboxylic acid groups (broad SMARTS) is 1. The monoisotopic (exact) mass is 444 g/mol. The average molecular weight is 445 g/mol. The Kier molecular flexibility index (Phi) is 13.0. The summed E-state index contributed by atoms with van der Waals surface area (Å²) >= 11 is 0. The van der Waals surface area contributed by atoms with Crippen LogP contribution in [0.4, 0.5) is 0 Å². The molecular formula is C19H36N6O6. The maximum absolute atomic E-state index is 12.5. The first kappa shape index (κ1) is 28.3. The van der Waals surface area contributed by atoms with E-state index in [4.69, 9.17) is 17.2 Å². The van der Waals surface area contributed by atoms with Crippen LogP contribution in [0.1, 0.15) is 52.9 Å². The van der Waals surface area contributed by atoms with Crippen molar-refractivity contribution < 1.29 is 29.1 Å². The van der Waals surface area contributed by atoms with Gasteiger partial charge in [0.05, 0.1) is 12.5 Å². The summed E-state index contributed by atoms with van der Waals surface area (Å²) in [5.74, 6) is -4.09. The van der Waals surface area contributed by atoms with Gasteiger partial charge in [-0.2, -0.15) is 0 Å². The molecule has 0 aliphatic carbocycles. The van der Waals surface area contributed by atoms with E-state index in [2.05, 4.69) is 16.0 Å². The molecule has 0 radical (unpaired) electrons. The zero-order chi connectivity index (χ0) is 24.1. The van der Waals surface area contributed by atoms with Crippen molar-refractivity contribution in [2.24, 2.45) is 23.1 Å². The van der Waals surface area contributed by atoms with Crippen LogP contribution in [0.25, 0.3) is 0 Å².